The van der Waals surface area contributed by atoms with E-state index in [1.807, 2.05) is 84.9 Å². The van der Waals surface area contributed by atoms with E-state index in [9.17, 15) is 0 Å². The van der Waals surface area contributed by atoms with Gasteiger partial charge in [0.05, 0.1) is 11.4 Å². The highest BCUT2D eigenvalue weighted by Crippen LogP contribution is 2.54. The molecule has 10 rings (SSSR count). The Morgan fingerprint density at radius 1 is 0.396 bits per heavy atom. The summed E-state index contributed by atoms with van der Waals surface area (Å²) in [6, 6.07) is 54.4. The van der Waals surface area contributed by atoms with Gasteiger partial charge in [-0.05, 0) is 81.6 Å². The molecular formula is C43H26N4O. The first-order valence-electron chi connectivity index (χ1n) is 16.0. The van der Waals surface area contributed by atoms with Gasteiger partial charge in [0.2, 0.25) is 0 Å². The molecule has 0 saturated heterocycles. The molecule has 8 aromatic rings. The van der Waals surface area contributed by atoms with Crippen LogP contribution in [0.3, 0.4) is 0 Å². The Bertz CT molecular complexity index is 2440. The van der Waals surface area contributed by atoms with Crippen LogP contribution in [0.15, 0.2) is 158 Å². The highest BCUT2D eigenvalue weighted by atomic mass is 16.5. The topological polar surface area (TPSA) is 51.1 Å². The number of nitrogens with zero attached hydrogens (tertiary/aromatic N) is 4. The molecule has 1 aliphatic heterocycles. The molecule has 0 saturated carbocycles. The maximum atomic E-state index is 6.35. The maximum absolute atomic E-state index is 6.35. The van der Waals surface area contributed by atoms with Crippen molar-refractivity contribution in [2.45, 2.75) is 0 Å². The molecule has 2 heterocycles. The van der Waals surface area contributed by atoms with Crippen molar-refractivity contribution in [1.82, 2.24) is 15.0 Å². The van der Waals surface area contributed by atoms with Crippen molar-refractivity contribution in [2.75, 3.05) is 4.90 Å². The standard InChI is InChI=1S/C43H26N4O/c1-3-13-27(14-4-1)41-44-42(28-15-5-2-6-16-28)46-43(45-41)30-23-29-24-31(26-35-33-18-8-7-17-32(33)34(25-30)40(29)35)47-36-19-9-11-21-38(36)48-39-22-12-10-20-37(39)47/h1-26H. The van der Waals surface area contributed by atoms with Crippen LogP contribution in [0.2, 0.25) is 0 Å². The summed E-state index contributed by atoms with van der Waals surface area (Å²) in [4.78, 5) is 17.4. The first kappa shape index (κ1) is 26.6. The molecule has 2 aliphatic rings. The molecule has 48 heavy (non-hydrogen) atoms. The van der Waals surface area contributed by atoms with Crippen molar-refractivity contribution >= 4 is 27.8 Å². The number of anilines is 3. The molecule has 0 spiro atoms. The van der Waals surface area contributed by atoms with Gasteiger partial charge in [0.15, 0.2) is 29.0 Å². The van der Waals surface area contributed by atoms with Crippen LogP contribution in [0, 0.1) is 0 Å². The van der Waals surface area contributed by atoms with Crippen molar-refractivity contribution in [3.8, 4) is 67.9 Å². The summed E-state index contributed by atoms with van der Waals surface area (Å²) >= 11 is 0. The molecule has 0 radical (unpaired) electrons. The third kappa shape index (κ3) is 4.15. The minimum Gasteiger partial charge on any atom is -0.453 e. The fourth-order valence-corrected chi connectivity index (χ4v) is 7.06. The summed E-state index contributed by atoms with van der Waals surface area (Å²) in [5, 5.41) is 2.36. The lowest BCUT2D eigenvalue weighted by Gasteiger charge is -2.33. The molecule has 0 fully saturated rings. The van der Waals surface area contributed by atoms with E-state index in [1.165, 1.54) is 27.6 Å². The molecule has 224 valence electrons. The van der Waals surface area contributed by atoms with Gasteiger partial charge in [-0.1, -0.05) is 109 Å². The lowest BCUT2D eigenvalue weighted by molar-refractivity contribution is 0.477. The molecule has 0 bridgehead atoms. The molecule has 1 aliphatic carbocycles. The third-order valence-corrected chi connectivity index (χ3v) is 9.19. The Labute approximate surface area is 277 Å². The lowest BCUT2D eigenvalue weighted by Crippen LogP contribution is -2.15. The second-order valence-corrected chi connectivity index (χ2v) is 12.1. The van der Waals surface area contributed by atoms with Crippen molar-refractivity contribution in [3.05, 3.63) is 158 Å². The zero-order valence-corrected chi connectivity index (χ0v) is 25.7. The Morgan fingerprint density at radius 2 is 0.875 bits per heavy atom. The second-order valence-electron chi connectivity index (χ2n) is 12.1. The Kier molecular flexibility index (Phi) is 5.81. The number of para-hydroxylation sites is 4. The van der Waals surface area contributed by atoms with Crippen LogP contribution in [0.5, 0.6) is 11.5 Å². The fourth-order valence-electron chi connectivity index (χ4n) is 7.06. The summed E-state index contributed by atoms with van der Waals surface area (Å²) in [6.07, 6.45) is 0. The Balaban J connectivity index is 1.23. The minimum absolute atomic E-state index is 0.638. The largest absolute Gasteiger partial charge is 0.453 e. The minimum atomic E-state index is 0.638. The number of hydrogen-bond donors (Lipinski definition) is 0. The second kappa shape index (κ2) is 10.5. The van der Waals surface area contributed by atoms with Crippen molar-refractivity contribution in [1.29, 1.82) is 0 Å². The van der Waals surface area contributed by atoms with Crippen LogP contribution in [0.4, 0.5) is 17.1 Å². The zero-order chi connectivity index (χ0) is 31.6. The number of rotatable bonds is 4. The molecule has 5 nitrogen and oxygen atoms in total. The van der Waals surface area contributed by atoms with E-state index < -0.39 is 0 Å². The number of hydrogen-bond acceptors (Lipinski definition) is 5. The summed E-state index contributed by atoms with van der Waals surface area (Å²) in [6.45, 7) is 0. The van der Waals surface area contributed by atoms with Crippen LogP contribution in [-0.2, 0) is 0 Å². The van der Waals surface area contributed by atoms with Gasteiger partial charge in [-0.3, -0.25) is 0 Å². The predicted molar refractivity (Wildman–Crippen MR) is 193 cm³/mol. The highest BCUT2D eigenvalue weighted by Gasteiger charge is 2.29. The first-order valence-corrected chi connectivity index (χ1v) is 16.0. The van der Waals surface area contributed by atoms with Crippen molar-refractivity contribution < 1.29 is 4.74 Å². The molecule has 0 amide bonds. The van der Waals surface area contributed by atoms with Gasteiger partial charge in [-0.15, -0.1) is 0 Å². The third-order valence-electron chi connectivity index (χ3n) is 9.19. The van der Waals surface area contributed by atoms with Gasteiger partial charge in [0.25, 0.3) is 0 Å². The van der Waals surface area contributed by atoms with E-state index in [0.717, 1.165) is 50.6 Å². The molecule has 1 aromatic heterocycles. The van der Waals surface area contributed by atoms with Crippen molar-refractivity contribution in [3.63, 3.8) is 0 Å². The monoisotopic (exact) mass is 614 g/mol. The summed E-state index contributed by atoms with van der Waals surface area (Å²) in [5.41, 5.74) is 10.7. The van der Waals surface area contributed by atoms with Gasteiger partial charge in [0, 0.05) is 22.4 Å². The van der Waals surface area contributed by atoms with E-state index in [0.29, 0.717) is 17.5 Å². The van der Waals surface area contributed by atoms with Crippen molar-refractivity contribution in [2.24, 2.45) is 0 Å². The van der Waals surface area contributed by atoms with Gasteiger partial charge in [-0.25, -0.2) is 15.0 Å². The average Bonchev–Trinajstić information content (AvgIpc) is 3.48. The molecule has 7 aromatic carbocycles. The van der Waals surface area contributed by atoms with E-state index in [4.69, 9.17) is 19.7 Å². The van der Waals surface area contributed by atoms with Gasteiger partial charge in [-0.2, -0.15) is 0 Å². The van der Waals surface area contributed by atoms with Gasteiger partial charge >= 0.3 is 0 Å². The molecule has 0 atom stereocenters. The highest BCUT2D eigenvalue weighted by molar-refractivity contribution is 6.18. The fraction of sp³-hybridized carbons (Fsp3) is 0. The number of benzene rings is 7. The van der Waals surface area contributed by atoms with Crippen LogP contribution in [-0.4, -0.2) is 15.0 Å². The van der Waals surface area contributed by atoms with Crippen LogP contribution in [0.1, 0.15) is 0 Å². The van der Waals surface area contributed by atoms with E-state index in [-0.39, 0.29) is 0 Å². The molecule has 0 N–H and O–H groups in total. The van der Waals surface area contributed by atoms with Crippen LogP contribution < -0.4 is 9.64 Å². The predicted octanol–water partition coefficient (Wildman–Crippen LogP) is 11.2. The summed E-state index contributed by atoms with van der Waals surface area (Å²) in [5.74, 6) is 3.59. The normalized spacial score (nSPS) is 12.3. The van der Waals surface area contributed by atoms with Crippen LogP contribution in [0.25, 0.3) is 67.2 Å². The average molecular weight is 615 g/mol. The quantitative estimate of drug-likeness (QED) is 0.197. The van der Waals surface area contributed by atoms with Crippen LogP contribution >= 0.6 is 0 Å². The number of ether oxygens (including phenoxy) is 1. The smallest absolute Gasteiger partial charge is 0.164 e. The van der Waals surface area contributed by atoms with E-state index >= 15 is 0 Å². The van der Waals surface area contributed by atoms with E-state index in [2.05, 4.69) is 77.7 Å². The van der Waals surface area contributed by atoms with Gasteiger partial charge < -0.3 is 9.64 Å². The Hall–Kier alpha value is -6.59. The summed E-state index contributed by atoms with van der Waals surface area (Å²) in [7, 11) is 0. The van der Waals surface area contributed by atoms with Gasteiger partial charge in [0.1, 0.15) is 0 Å². The number of fused-ring (bicyclic) bond motifs is 5. The molecular weight excluding hydrogens is 589 g/mol. The first-order chi connectivity index (χ1) is 23.8. The Morgan fingerprint density at radius 3 is 1.46 bits per heavy atom. The van der Waals surface area contributed by atoms with E-state index in [1.54, 1.807) is 0 Å². The zero-order valence-electron chi connectivity index (χ0n) is 25.7. The lowest BCUT2D eigenvalue weighted by atomic mass is 9.98. The molecule has 5 heteroatoms. The number of aromatic nitrogens is 3. The SMILES string of the molecule is c1ccc(-c2nc(-c3ccccc3)nc(-c3cc4c5c(cc(N6c7ccccc7Oc7ccccc76)cc5c3)-c3ccccc3-4)n2)cc1. The summed E-state index contributed by atoms with van der Waals surface area (Å²) < 4.78 is 6.35. The maximum Gasteiger partial charge on any atom is 0.164 e. The molecule has 0 unspecified atom stereocenters.